The van der Waals surface area contributed by atoms with Crippen LogP contribution >= 0.6 is 11.6 Å². The summed E-state index contributed by atoms with van der Waals surface area (Å²) in [4.78, 5) is 14.1. The van der Waals surface area contributed by atoms with Crippen LogP contribution in [-0.2, 0) is 0 Å². The van der Waals surface area contributed by atoms with E-state index in [4.69, 9.17) is 16.6 Å². The SMILES string of the molecule is Clc1cc(-n2c3ccccc3c3ccncc32)ccc1-c1cc(-c2ccc3ccccc3c2)cc(-c2ccccn2)n1. The number of benzene rings is 4. The molecule has 0 aliphatic rings. The molecule has 0 fully saturated rings. The van der Waals surface area contributed by atoms with Crippen molar-refractivity contribution >= 4 is 44.2 Å². The van der Waals surface area contributed by atoms with E-state index in [2.05, 4.69) is 112 Å². The zero-order valence-corrected chi connectivity index (χ0v) is 23.2. The zero-order chi connectivity index (χ0) is 28.0. The van der Waals surface area contributed by atoms with Crippen LogP contribution in [0, 0.1) is 0 Å². The zero-order valence-electron chi connectivity index (χ0n) is 22.4. The van der Waals surface area contributed by atoms with Gasteiger partial charge in [0.1, 0.15) is 0 Å². The molecule has 0 saturated carbocycles. The second-order valence-corrected chi connectivity index (χ2v) is 10.7. The maximum atomic E-state index is 7.07. The summed E-state index contributed by atoms with van der Waals surface area (Å²) in [7, 11) is 0. The average molecular weight is 559 g/mol. The van der Waals surface area contributed by atoms with E-state index in [1.807, 2.05) is 36.7 Å². The van der Waals surface area contributed by atoms with Crippen LogP contribution in [0.15, 0.2) is 140 Å². The Balaban J connectivity index is 1.30. The highest BCUT2D eigenvalue weighted by Crippen LogP contribution is 2.37. The minimum absolute atomic E-state index is 0.623. The molecule has 42 heavy (non-hydrogen) atoms. The molecule has 0 unspecified atom stereocenters. The number of aromatic nitrogens is 4. The Labute approximate surface area is 247 Å². The van der Waals surface area contributed by atoms with E-state index in [-0.39, 0.29) is 0 Å². The Morgan fingerprint density at radius 2 is 1.36 bits per heavy atom. The van der Waals surface area contributed by atoms with Crippen LogP contribution in [0.4, 0.5) is 0 Å². The first-order valence-electron chi connectivity index (χ1n) is 13.8. The number of para-hydroxylation sites is 1. The summed E-state index contributed by atoms with van der Waals surface area (Å²) in [6.45, 7) is 0. The van der Waals surface area contributed by atoms with Crippen molar-refractivity contribution in [1.82, 2.24) is 19.5 Å². The lowest BCUT2D eigenvalue weighted by atomic mass is 9.98. The van der Waals surface area contributed by atoms with Crippen LogP contribution in [0.1, 0.15) is 0 Å². The van der Waals surface area contributed by atoms with Gasteiger partial charge in [0, 0.05) is 34.4 Å². The molecule has 8 aromatic rings. The van der Waals surface area contributed by atoms with Crippen molar-refractivity contribution in [2.75, 3.05) is 0 Å². The lowest BCUT2D eigenvalue weighted by Crippen LogP contribution is -1.96. The van der Waals surface area contributed by atoms with Gasteiger partial charge in [-0.15, -0.1) is 0 Å². The number of nitrogens with zero attached hydrogens (tertiary/aromatic N) is 4. The maximum absolute atomic E-state index is 7.07. The van der Waals surface area contributed by atoms with E-state index in [0.29, 0.717) is 5.02 Å². The van der Waals surface area contributed by atoms with Crippen LogP contribution < -0.4 is 0 Å². The van der Waals surface area contributed by atoms with Crippen molar-refractivity contribution < 1.29 is 0 Å². The molecule has 4 nitrogen and oxygen atoms in total. The molecule has 0 spiro atoms. The summed E-state index contributed by atoms with van der Waals surface area (Å²) in [5, 5.41) is 5.36. The molecule has 0 N–H and O–H groups in total. The van der Waals surface area contributed by atoms with Gasteiger partial charge in [-0.05, 0) is 82.6 Å². The van der Waals surface area contributed by atoms with E-state index in [0.717, 1.165) is 55.9 Å². The van der Waals surface area contributed by atoms with Crippen molar-refractivity contribution in [3.8, 4) is 39.5 Å². The third kappa shape index (κ3) is 4.12. The van der Waals surface area contributed by atoms with Gasteiger partial charge in [0.2, 0.25) is 0 Å². The average Bonchev–Trinajstić information content (AvgIpc) is 3.39. The summed E-state index contributed by atoms with van der Waals surface area (Å²) in [6, 6.07) is 41.7. The Bertz CT molecular complexity index is 2220. The highest BCUT2D eigenvalue weighted by molar-refractivity contribution is 6.33. The Morgan fingerprint density at radius 1 is 0.548 bits per heavy atom. The van der Waals surface area contributed by atoms with Crippen LogP contribution in [-0.4, -0.2) is 19.5 Å². The molecule has 0 saturated heterocycles. The van der Waals surface area contributed by atoms with E-state index >= 15 is 0 Å². The lowest BCUT2D eigenvalue weighted by molar-refractivity contribution is 1.16. The highest BCUT2D eigenvalue weighted by atomic mass is 35.5. The molecule has 0 amide bonds. The van der Waals surface area contributed by atoms with Gasteiger partial charge in [0.25, 0.3) is 0 Å². The highest BCUT2D eigenvalue weighted by Gasteiger charge is 2.16. The second-order valence-electron chi connectivity index (χ2n) is 10.3. The Morgan fingerprint density at radius 3 is 2.24 bits per heavy atom. The molecule has 4 aromatic heterocycles. The van der Waals surface area contributed by atoms with Crippen LogP contribution in [0.2, 0.25) is 5.02 Å². The third-order valence-electron chi connectivity index (χ3n) is 7.80. The van der Waals surface area contributed by atoms with Gasteiger partial charge in [-0.3, -0.25) is 9.97 Å². The minimum atomic E-state index is 0.623. The molecule has 4 aromatic carbocycles. The molecule has 0 bridgehead atoms. The molecular weight excluding hydrogens is 536 g/mol. The number of fused-ring (bicyclic) bond motifs is 4. The number of hydrogen-bond donors (Lipinski definition) is 0. The van der Waals surface area contributed by atoms with Crippen molar-refractivity contribution in [3.05, 3.63) is 145 Å². The van der Waals surface area contributed by atoms with E-state index < -0.39 is 0 Å². The summed E-state index contributed by atoms with van der Waals surface area (Å²) >= 11 is 7.07. The molecule has 0 atom stereocenters. The van der Waals surface area contributed by atoms with Gasteiger partial charge in [-0.2, -0.15) is 0 Å². The second kappa shape index (κ2) is 9.95. The normalized spacial score (nSPS) is 11.5. The topological polar surface area (TPSA) is 43.6 Å². The van der Waals surface area contributed by atoms with Crippen LogP contribution in [0.25, 0.3) is 72.0 Å². The number of rotatable bonds is 4. The molecule has 5 heteroatoms. The van der Waals surface area contributed by atoms with Crippen molar-refractivity contribution in [2.24, 2.45) is 0 Å². The largest absolute Gasteiger partial charge is 0.308 e. The molecule has 198 valence electrons. The first-order chi connectivity index (χ1) is 20.7. The molecular formula is C37H23ClN4. The predicted molar refractivity (Wildman–Crippen MR) is 173 cm³/mol. The summed E-state index contributed by atoms with van der Waals surface area (Å²) in [5.74, 6) is 0. The van der Waals surface area contributed by atoms with Crippen molar-refractivity contribution in [3.63, 3.8) is 0 Å². The van der Waals surface area contributed by atoms with Gasteiger partial charge in [0.15, 0.2) is 0 Å². The lowest BCUT2D eigenvalue weighted by Gasteiger charge is -2.13. The van der Waals surface area contributed by atoms with Crippen molar-refractivity contribution in [1.29, 1.82) is 0 Å². The van der Waals surface area contributed by atoms with Gasteiger partial charge >= 0.3 is 0 Å². The fourth-order valence-electron chi connectivity index (χ4n) is 5.80. The quantitative estimate of drug-likeness (QED) is 0.216. The summed E-state index contributed by atoms with van der Waals surface area (Å²) in [5.41, 5.74) is 8.55. The summed E-state index contributed by atoms with van der Waals surface area (Å²) in [6.07, 6.45) is 5.54. The van der Waals surface area contributed by atoms with Crippen molar-refractivity contribution in [2.45, 2.75) is 0 Å². The third-order valence-corrected chi connectivity index (χ3v) is 8.11. The summed E-state index contributed by atoms with van der Waals surface area (Å²) < 4.78 is 2.21. The van der Waals surface area contributed by atoms with E-state index in [1.165, 1.54) is 16.2 Å². The molecule has 0 radical (unpaired) electrons. The number of hydrogen-bond acceptors (Lipinski definition) is 3. The maximum Gasteiger partial charge on any atom is 0.0899 e. The van der Waals surface area contributed by atoms with Gasteiger partial charge in [-0.25, -0.2) is 4.98 Å². The van der Waals surface area contributed by atoms with E-state index in [1.54, 1.807) is 6.20 Å². The predicted octanol–water partition coefficient (Wildman–Crippen LogP) is 9.78. The smallest absolute Gasteiger partial charge is 0.0899 e. The van der Waals surface area contributed by atoms with Gasteiger partial charge in [-0.1, -0.05) is 72.3 Å². The minimum Gasteiger partial charge on any atom is -0.308 e. The van der Waals surface area contributed by atoms with Crippen LogP contribution in [0.3, 0.4) is 0 Å². The first-order valence-corrected chi connectivity index (χ1v) is 14.2. The van der Waals surface area contributed by atoms with Gasteiger partial charge in [0.05, 0.1) is 39.3 Å². The molecule has 0 aliphatic carbocycles. The number of halogens is 1. The molecule has 8 rings (SSSR count). The molecule has 0 aliphatic heterocycles. The van der Waals surface area contributed by atoms with E-state index in [9.17, 15) is 0 Å². The number of pyridine rings is 3. The molecule has 4 heterocycles. The fourth-order valence-corrected chi connectivity index (χ4v) is 6.07. The van der Waals surface area contributed by atoms with Crippen LogP contribution in [0.5, 0.6) is 0 Å². The monoisotopic (exact) mass is 558 g/mol. The fraction of sp³-hybridized carbons (Fsp3) is 0. The Kier molecular flexibility index (Phi) is 5.80. The standard InChI is InChI=1S/C37H23ClN4/c38-32-22-28(42-36-11-4-3-9-29(36)30-16-18-39-23-37(30)42)14-15-31(32)34-20-27(21-35(41-34)33-10-5-6-17-40-33)26-13-12-24-7-1-2-8-25(24)19-26/h1-23H. The van der Waals surface area contributed by atoms with Gasteiger partial charge < -0.3 is 4.57 Å². The first kappa shape index (κ1) is 24.5. The Hall–Kier alpha value is -5.32.